The van der Waals surface area contributed by atoms with Crippen molar-refractivity contribution in [2.75, 3.05) is 13.7 Å². The van der Waals surface area contributed by atoms with E-state index in [2.05, 4.69) is 5.32 Å². The minimum absolute atomic E-state index is 0.188. The zero-order valence-corrected chi connectivity index (χ0v) is 11.2. The molecule has 0 amide bonds. The summed E-state index contributed by atoms with van der Waals surface area (Å²) in [6.45, 7) is 3.08. The predicted octanol–water partition coefficient (Wildman–Crippen LogP) is 3.61. The van der Waals surface area contributed by atoms with Gasteiger partial charge in [-0.1, -0.05) is 24.3 Å². The smallest absolute Gasteiger partial charge is 0.127 e. The Balaban J connectivity index is 2.44. The minimum atomic E-state index is -0.188. The van der Waals surface area contributed by atoms with Crippen LogP contribution in [0.5, 0.6) is 5.75 Å². The van der Waals surface area contributed by atoms with Gasteiger partial charge in [0, 0.05) is 17.7 Å². The van der Waals surface area contributed by atoms with Crippen molar-refractivity contribution in [1.82, 2.24) is 5.32 Å². The Hall–Kier alpha value is -1.87. The lowest BCUT2D eigenvalue weighted by Crippen LogP contribution is -2.07. The van der Waals surface area contributed by atoms with Crippen molar-refractivity contribution in [3.8, 4) is 16.9 Å². The van der Waals surface area contributed by atoms with Gasteiger partial charge in [0.05, 0.1) is 6.61 Å². The molecular formula is C16H18FNO. The normalized spacial score (nSPS) is 10.5. The molecule has 3 heteroatoms. The summed E-state index contributed by atoms with van der Waals surface area (Å²) < 4.78 is 19.3. The Kier molecular flexibility index (Phi) is 4.53. The molecule has 0 fully saturated rings. The number of rotatable bonds is 5. The Morgan fingerprint density at radius 2 is 1.95 bits per heavy atom. The monoisotopic (exact) mass is 259 g/mol. The first kappa shape index (κ1) is 13.6. The Morgan fingerprint density at radius 3 is 2.68 bits per heavy atom. The van der Waals surface area contributed by atoms with Crippen molar-refractivity contribution in [3.63, 3.8) is 0 Å². The van der Waals surface area contributed by atoms with E-state index in [1.165, 1.54) is 6.07 Å². The summed E-state index contributed by atoms with van der Waals surface area (Å²) in [4.78, 5) is 0. The lowest BCUT2D eigenvalue weighted by molar-refractivity contribution is 0.341. The Bertz CT molecular complexity index is 554. The van der Waals surface area contributed by atoms with Gasteiger partial charge in [-0.2, -0.15) is 0 Å². The lowest BCUT2D eigenvalue weighted by Gasteiger charge is -2.11. The van der Waals surface area contributed by atoms with Crippen molar-refractivity contribution < 1.29 is 9.13 Å². The summed E-state index contributed by atoms with van der Waals surface area (Å²) in [7, 11) is 1.81. The molecular weight excluding hydrogens is 241 g/mol. The summed E-state index contributed by atoms with van der Waals surface area (Å²) >= 11 is 0. The summed E-state index contributed by atoms with van der Waals surface area (Å²) in [5, 5.41) is 2.97. The van der Waals surface area contributed by atoms with Gasteiger partial charge in [0.25, 0.3) is 0 Å². The third kappa shape index (κ3) is 3.12. The number of halogens is 1. The van der Waals surface area contributed by atoms with Crippen molar-refractivity contribution in [2.45, 2.75) is 13.5 Å². The van der Waals surface area contributed by atoms with Gasteiger partial charge < -0.3 is 10.1 Å². The van der Waals surface area contributed by atoms with E-state index in [0.29, 0.717) is 18.7 Å². The van der Waals surface area contributed by atoms with E-state index in [1.807, 2.05) is 37.3 Å². The first-order chi connectivity index (χ1) is 9.26. The Labute approximate surface area is 113 Å². The molecule has 0 saturated heterocycles. The highest BCUT2D eigenvalue weighted by molar-refractivity contribution is 5.71. The van der Waals surface area contributed by atoms with Crippen molar-refractivity contribution in [1.29, 1.82) is 0 Å². The maximum absolute atomic E-state index is 13.6. The van der Waals surface area contributed by atoms with Crippen LogP contribution in [0.3, 0.4) is 0 Å². The fourth-order valence-corrected chi connectivity index (χ4v) is 2.05. The second-order valence-electron chi connectivity index (χ2n) is 4.27. The third-order valence-corrected chi connectivity index (χ3v) is 2.91. The molecule has 1 N–H and O–H groups in total. The van der Waals surface area contributed by atoms with Crippen LogP contribution in [0.4, 0.5) is 4.39 Å². The van der Waals surface area contributed by atoms with E-state index >= 15 is 0 Å². The van der Waals surface area contributed by atoms with Crippen molar-refractivity contribution >= 4 is 0 Å². The van der Waals surface area contributed by atoms with E-state index in [0.717, 1.165) is 16.9 Å². The maximum atomic E-state index is 13.6. The van der Waals surface area contributed by atoms with Crippen LogP contribution >= 0.6 is 0 Å². The van der Waals surface area contributed by atoms with Gasteiger partial charge in [-0.05, 0) is 37.7 Å². The largest absolute Gasteiger partial charge is 0.493 e. The minimum Gasteiger partial charge on any atom is -0.493 e. The number of para-hydroxylation sites is 1. The zero-order valence-electron chi connectivity index (χ0n) is 11.2. The molecule has 2 nitrogen and oxygen atoms in total. The SMILES string of the molecule is CCOc1ccccc1-c1ccc(F)c(CNC)c1. The summed E-state index contributed by atoms with van der Waals surface area (Å²) in [6, 6.07) is 13.0. The fraction of sp³-hybridized carbons (Fsp3) is 0.250. The molecule has 0 aromatic heterocycles. The highest BCUT2D eigenvalue weighted by atomic mass is 19.1. The van der Waals surface area contributed by atoms with Crippen LogP contribution in [-0.2, 0) is 6.54 Å². The van der Waals surface area contributed by atoms with Crippen LogP contribution in [0, 0.1) is 5.82 Å². The molecule has 0 aliphatic rings. The highest BCUT2D eigenvalue weighted by Crippen LogP contribution is 2.30. The van der Waals surface area contributed by atoms with E-state index in [1.54, 1.807) is 13.1 Å². The zero-order chi connectivity index (χ0) is 13.7. The van der Waals surface area contributed by atoms with Crippen LogP contribution in [0.1, 0.15) is 12.5 Å². The summed E-state index contributed by atoms with van der Waals surface area (Å²) in [5.41, 5.74) is 2.61. The molecule has 0 unspecified atom stereocenters. The maximum Gasteiger partial charge on any atom is 0.127 e. The quantitative estimate of drug-likeness (QED) is 0.885. The highest BCUT2D eigenvalue weighted by Gasteiger charge is 2.08. The Morgan fingerprint density at radius 1 is 1.16 bits per heavy atom. The van der Waals surface area contributed by atoms with Crippen molar-refractivity contribution in [3.05, 3.63) is 53.8 Å². The average Bonchev–Trinajstić information content (AvgIpc) is 2.43. The third-order valence-electron chi connectivity index (χ3n) is 2.91. The molecule has 0 saturated carbocycles. The second kappa shape index (κ2) is 6.34. The molecule has 0 aliphatic heterocycles. The molecule has 0 spiro atoms. The molecule has 0 heterocycles. The topological polar surface area (TPSA) is 21.3 Å². The second-order valence-corrected chi connectivity index (χ2v) is 4.27. The number of ether oxygens (including phenoxy) is 1. The molecule has 0 atom stereocenters. The van der Waals surface area contributed by atoms with E-state index < -0.39 is 0 Å². The van der Waals surface area contributed by atoms with Gasteiger partial charge in [-0.25, -0.2) is 4.39 Å². The van der Waals surface area contributed by atoms with E-state index in [-0.39, 0.29) is 5.82 Å². The van der Waals surface area contributed by atoms with Crippen LogP contribution in [0.25, 0.3) is 11.1 Å². The van der Waals surface area contributed by atoms with Crippen LogP contribution < -0.4 is 10.1 Å². The average molecular weight is 259 g/mol. The van der Waals surface area contributed by atoms with Crippen molar-refractivity contribution in [2.24, 2.45) is 0 Å². The molecule has 0 bridgehead atoms. The molecule has 2 aromatic rings. The standard InChI is InChI=1S/C16H18FNO/c1-3-19-16-7-5-4-6-14(16)12-8-9-15(17)13(10-12)11-18-2/h4-10,18H,3,11H2,1-2H3. The first-order valence-corrected chi connectivity index (χ1v) is 6.41. The molecule has 2 rings (SSSR count). The van der Waals surface area contributed by atoms with Gasteiger partial charge in [-0.3, -0.25) is 0 Å². The summed E-state index contributed by atoms with van der Waals surface area (Å²) in [5.74, 6) is 0.638. The molecule has 0 aliphatic carbocycles. The number of hydrogen-bond donors (Lipinski definition) is 1. The van der Waals surface area contributed by atoms with Crippen LogP contribution in [-0.4, -0.2) is 13.7 Å². The molecule has 2 aromatic carbocycles. The van der Waals surface area contributed by atoms with E-state index in [9.17, 15) is 4.39 Å². The molecule has 100 valence electrons. The van der Waals surface area contributed by atoms with Crippen LogP contribution in [0.2, 0.25) is 0 Å². The van der Waals surface area contributed by atoms with Gasteiger partial charge in [-0.15, -0.1) is 0 Å². The predicted molar refractivity (Wildman–Crippen MR) is 75.8 cm³/mol. The lowest BCUT2D eigenvalue weighted by atomic mass is 10.0. The number of hydrogen-bond acceptors (Lipinski definition) is 2. The molecule has 19 heavy (non-hydrogen) atoms. The molecule has 0 radical (unpaired) electrons. The van der Waals surface area contributed by atoms with Gasteiger partial charge in [0.1, 0.15) is 11.6 Å². The van der Waals surface area contributed by atoms with Crippen LogP contribution in [0.15, 0.2) is 42.5 Å². The summed E-state index contributed by atoms with van der Waals surface area (Å²) in [6.07, 6.45) is 0. The fourth-order valence-electron chi connectivity index (χ4n) is 2.05. The van der Waals surface area contributed by atoms with Gasteiger partial charge in [0.2, 0.25) is 0 Å². The first-order valence-electron chi connectivity index (χ1n) is 6.41. The van der Waals surface area contributed by atoms with E-state index in [4.69, 9.17) is 4.74 Å². The van der Waals surface area contributed by atoms with Gasteiger partial charge in [0.15, 0.2) is 0 Å². The van der Waals surface area contributed by atoms with Gasteiger partial charge >= 0.3 is 0 Å². The number of nitrogens with one attached hydrogen (secondary N) is 1. The number of benzene rings is 2.